The Labute approximate surface area is 160 Å². The molecule has 0 radical (unpaired) electrons. The largest absolute Gasteiger partial charge is 0.505 e. The first kappa shape index (κ1) is 18.0. The van der Waals surface area contributed by atoms with Crippen LogP contribution < -0.4 is 0 Å². The average Bonchev–Trinajstić information content (AvgIpc) is 2.94. The number of phenols is 1. The lowest BCUT2D eigenvalue weighted by Crippen LogP contribution is -2.23. The molecule has 2 aromatic rings. The van der Waals surface area contributed by atoms with Crippen molar-refractivity contribution >= 4 is 40.9 Å². The van der Waals surface area contributed by atoms with E-state index in [4.69, 9.17) is 28.5 Å². The summed E-state index contributed by atoms with van der Waals surface area (Å²) in [6, 6.07) is 14.3. The molecule has 0 saturated heterocycles. The van der Waals surface area contributed by atoms with Crippen LogP contribution in [0.1, 0.15) is 17.5 Å². The lowest BCUT2D eigenvalue weighted by atomic mass is 10.0. The van der Waals surface area contributed by atoms with Gasteiger partial charge in [-0.05, 0) is 23.8 Å². The van der Waals surface area contributed by atoms with Crippen molar-refractivity contribution in [3.8, 4) is 11.8 Å². The molecule has 1 aliphatic rings. The summed E-state index contributed by atoms with van der Waals surface area (Å²) < 4.78 is 0. The SMILES string of the molecule is N#CCCN1N=C(c2ccccc2)C(=Cc2cc(Cl)c(O)c(Cl)c2)C1=O. The number of aromatic hydroxyl groups is 1. The molecule has 26 heavy (non-hydrogen) atoms. The molecule has 0 fully saturated rings. The maximum absolute atomic E-state index is 12.8. The molecule has 5 nitrogen and oxygen atoms in total. The van der Waals surface area contributed by atoms with Gasteiger partial charge in [0.2, 0.25) is 0 Å². The van der Waals surface area contributed by atoms with Gasteiger partial charge in [0.15, 0.2) is 5.75 Å². The second-order valence-electron chi connectivity index (χ2n) is 5.54. The predicted octanol–water partition coefficient (Wildman–Crippen LogP) is 4.24. The van der Waals surface area contributed by atoms with Gasteiger partial charge in [0, 0.05) is 5.56 Å². The van der Waals surface area contributed by atoms with Crippen LogP contribution in [-0.2, 0) is 4.79 Å². The van der Waals surface area contributed by atoms with Gasteiger partial charge in [-0.2, -0.15) is 10.4 Å². The third-order valence-electron chi connectivity index (χ3n) is 3.77. The molecule has 1 aliphatic heterocycles. The molecule has 0 saturated carbocycles. The quantitative estimate of drug-likeness (QED) is 0.799. The van der Waals surface area contributed by atoms with E-state index >= 15 is 0 Å². The minimum Gasteiger partial charge on any atom is -0.505 e. The third kappa shape index (κ3) is 3.57. The Kier molecular flexibility index (Phi) is 5.27. The first-order chi connectivity index (χ1) is 12.5. The topological polar surface area (TPSA) is 76.7 Å². The van der Waals surface area contributed by atoms with Gasteiger partial charge in [-0.3, -0.25) is 4.79 Å². The van der Waals surface area contributed by atoms with Crippen molar-refractivity contribution in [2.45, 2.75) is 6.42 Å². The molecule has 0 spiro atoms. The molecule has 0 aromatic heterocycles. The molecule has 1 N–H and O–H groups in total. The summed E-state index contributed by atoms with van der Waals surface area (Å²) in [5.41, 5.74) is 2.22. The van der Waals surface area contributed by atoms with E-state index in [0.717, 1.165) is 5.56 Å². The number of phenolic OH excluding ortho intramolecular Hbond substituents is 1. The monoisotopic (exact) mass is 385 g/mol. The molecule has 1 heterocycles. The Morgan fingerprint density at radius 2 is 1.85 bits per heavy atom. The zero-order valence-electron chi connectivity index (χ0n) is 13.5. The van der Waals surface area contributed by atoms with E-state index in [1.54, 1.807) is 6.08 Å². The highest BCUT2D eigenvalue weighted by Gasteiger charge is 2.30. The minimum absolute atomic E-state index is 0.0920. The van der Waals surface area contributed by atoms with Crippen molar-refractivity contribution < 1.29 is 9.90 Å². The van der Waals surface area contributed by atoms with Crippen LogP contribution in [0.3, 0.4) is 0 Å². The minimum atomic E-state index is -0.306. The summed E-state index contributed by atoms with van der Waals surface area (Å²) in [5, 5.41) is 24.3. The molecule has 1 amide bonds. The van der Waals surface area contributed by atoms with E-state index in [-0.39, 0.29) is 34.7 Å². The predicted molar refractivity (Wildman–Crippen MR) is 101 cm³/mol. The fourth-order valence-corrected chi connectivity index (χ4v) is 3.05. The zero-order valence-corrected chi connectivity index (χ0v) is 15.0. The van der Waals surface area contributed by atoms with Gasteiger partial charge in [-0.25, -0.2) is 5.01 Å². The van der Waals surface area contributed by atoms with Gasteiger partial charge >= 0.3 is 0 Å². The van der Waals surface area contributed by atoms with Gasteiger partial charge in [0.25, 0.3) is 5.91 Å². The van der Waals surface area contributed by atoms with E-state index < -0.39 is 0 Å². The molecule has 2 aromatic carbocycles. The number of halogens is 2. The summed E-state index contributed by atoms with van der Waals surface area (Å²) in [5.74, 6) is -0.514. The summed E-state index contributed by atoms with van der Waals surface area (Å²) in [6.45, 7) is 0.208. The van der Waals surface area contributed by atoms with Crippen LogP contribution in [0, 0.1) is 11.3 Å². The number of hydrogen-bond acceptors (Lipinski definition) is 4. The molecule has 130 valence electrons. The van der Waals surface area contributed by atoms with Crippen molar-refractivity contribution in [2.24, 2.45) is 5.10 Å². The Morgan fingerprint density at radius 1 is 1.19 bits per heavy atom. The molecular weight excluding hydrogens is 373 g/mol. The average molecular weight is 386 g/mol. The van der Waals surface area contributed by atoms with Gasteiger partial charge in [-0.15, -0.1) is 0 Å². The molecule has 0 bridgehead atoms. The van der Waals surface area contributed by atoms with Crippen LogP contribution in [-0.4, -0.2) is 28.3 Å². The number of hydrogen-bond donors (Lipinski definition) is 1. The van der Waals surface area contributed by atoms with E-state index in [1.165, 1.54) is 17.1 Å². The lowest BCUT2D eigenvalue weighted by molar-refractivity contribution is -0.125. The molecule has 0 aliphatic carbocycles. The van der Waals surface area contributed by atoms with E-state index in [2.05, 4.69) is 5.10 Å². The van der Waals surface area contributed by atoms with Crippen molar-refractivity contribution in [2.75, 3.05) is 6.54 Å². The fourth-order valence-electron chi connectivity index (χ4n) is 2.54. The number of rotatable bonds is 4. The van der Waals surface area contributed by atoms with Crippen molar-refractivity contribution in [3.05, 3.63) is 69.2 Å². The van der Waals surface area contributed by atoms with Crippen molar-refractivity contribution in [3.63, 3.8) is 0 Å². The fraction of sp³-hybridized carbons (Fsp3) is 0.105. The van der Waals surface area contributed by atoms with E-state index in [0.29, 0.717) is 16.8 Å². The molecule has 3 rings (SSSR count). The maximum atomic E-state index is 12.8. The number of amides is 1. The summed E-state index contributed by atoms with van der Waals surface area (Å²) in [6.07, 6.45) is 1.80. The number of nitriles is 1. The molecule has 0 atom stereocenters. The summed E-state index contributed by atoms with van der Waals surface area (Å²) in [4.78, 5) is 12.8. The first-order valence-electron chi connectivity index (χ1n) is 7.74. The maximum Gasteiger partial charge on any atom is 0.276 e. The van der Waals surface area contributed by atoms with Crippen molar-refractivity contribution in [1.29, 1.82) is 5.26 Å². The number of nitrogens with zero attached hydrogens (tertiary/aromatic N) is 3. The van der Waals surface area contributed by atoms with Gasteiger partial charge in [-0.1, -0.05) is 53.5 Å². The summed E-state index contributed by atoms with van der Waals surface area (Å²) in [7, 11) is 0. The normalized spacial score (nSPS) is 15.3. The van der Waals surface area contributed by atoms with Crippen molar-refractivity contribution in [1.82, 2.24) is 5.01 Å². The molecule has 0 unspecified atom stereocenters. The molecular formula is C19H13Cl2N3O2. The van der Waals surface area contributed by atoms with Crippen LogP contribution in [0.2, 0.25) is 10.0 Å². The number of carbonyl (C=O) groups excluding carboxylic acids is 1. The van der Waals surface area contributed by atoms with Crippen LogP contribution in [0.15, 0.2) is 53.1 Å². The lowest BCUT2D eigenvalue weighted by Gasteiger charge is -2.08. The smallest absolute Gasteiger partial charge is 0.276 e. The highest BCUT2D eigenvalue weighted by molar-refractivity contribution is 6.37. The highest BCUT2D eigenvalue weighted by Crippen LogP contribution is 2.34. The third-order valence-corrected chi connectivity index (χ3v) is 4.35. The van der Waals surface area contributed by atoms with Crippen LogP contribution in [0.5, 0.6) is 5.75 Å². The highest BCUT2D eigenvalue weighted by atomic mass is 35.5. The van der Waals surface area contributed by atoms with E-state index in [1.807, 2.05) is 36.4 Å². The summed E-state index contributed by atoms with van der Waals surface area (Å²) >= 11 is 11.9. The number of carbonyl (C=O) groups is 1. The van der Waals surface area contributed by atoms with Crippen LogP contribution in [0.25, 0.3) is 6.08 Å². The second-order valence-corrected chi connectivity index (χ2v) is 6.36. The van der Waals surface area contributed by atoms with Gasteiger partial charge < -0.3 is 5.11 Å². The first-order valence-corrected chi connectivity index (χ1v) is 8.49. The standard InChI is InChI=1S/C19H13Cl2N3O2/c20-15-10-12(11-16(21)18(15)25)9-14-17(13-5-2-1-3-6-13)23-24(19(14)26)8-4-7-22/h1-3,5-6,9-11,25H,4,8H2. The second kappa shape index (κ2) is 7.61. The zero-order chi connectivity index (χ0) is 18.7. The Balaban J connectivity index is 2.07. The van der Waals surface area contributed by atoms with Crippen LogP contribution in [0.4, 0.5) is 0 Å². The van der Waals surface area contributed by atoms with Gasteiger partial charge in [0.05, 0.1) is 34.7 Å². The van der Waals surface area contributed by atoms with Gasteiger partial charge in [0.1, 0.15) is 5.71 Å². The van der Waals surface area contributed by atoms with E-state index in [9.17, 15) is 9.90 Å². The Morgan fingerprint density at radius 3 is 2.46 bits per heavy atom. The molecule has 7 heteroatoms. The van der Waals surface area contributed by atoms with Crippen LogP contribution >= 0.6 is 23.2 Å². The Hall–Kier alpha value is -2.81. The number of benzene rings is 2. The number of hydrazone groups is 1. The Bertz CT molecular complexity index is 939.